The lowest BCUT2D eigenvalue weighted by Crippen LogP contribution is -2.04. The van der Waals surface area contributed by atoms with Crippen molar-refractivity contribution in [1.82, 2.24) is 0 Å². The highest BCUT2D eigenvalue weighted by Gasteiger charge is 2.08. The van der Waals surface area contributed by atoms with Crippen LogP contribution in [-0.4, -0.2) is 6.54 Å². The van der Waals surface area contributed by atoms with Crippen molar-refractivity contribution in [1.29, 1.82) is 0 Å². The predicted octanol–water partition coefficient (Wildman–Crippen LogP) is 4.48. The molecule has 2 rings (SSSR count). The van der Waals surface area contributed by atoms with Crippen LogP contribution in [0.15, 0.2) is 42.5 Å². The van der Waals surface area contributed by atoms with E-state index in [-0.39, 0.29) is 0 Å². The quantitative estimate of drug-likeness (QED) is 0.823. The van der Waals surface area contributed by atoms with E-state index in [9.17, 15) is 0 Å². The highest BCUT2D eigenvalue weighted by Crippen LogP contribution is 2.32. The Morgan fingerprint density at radius 1 is 0.833 bits per heavy atom. The molecule has 0 aliphatic rings. The third-order valence-electron chi connectivity index (χ3n) is 3.02. The summed E-state index contributed by atoms with van der Waals surface area (Å²) in [6.45, 7) is 7.31. The molecule has 0 heterocycles. The number of anilines is 3. The number of aryl methyl sites for hydroxylation is 2. The zero-order valence-corrected chi connectivity index (χ0v) is 11.2. The molecule has 0 fully saturated rings. The van der Waals surface area contributed by atoms with E-state index in [0.717, 1.165) is 12.2 Å². The van der Waals surface area contributed by atoms with Crippen LogP contribution in [0.25, 0.3) is 0 Å². The molecular weight excluding hydrogens is 220 g/mol. The van der Waals surface area contributed by atoms with Gasteiger partial charge in [-0.15, -0.1) is 0 Å². The Hall–Kier alpha value is -1.96. The van der Waals surface area contributed by atoms with Crippen molar-refractivity contribution in [2.45, 2.75) is 20.8 Å². The maximum Gasteiger partial charge on any atom is 0.0652 e. The molecule has 0 saturated carbocycles. The lowest BCUT2D eigenvalue weighted by molar-refractivity contribution is 1.19. The second-order valence-corrected chi connectivity index (χ2v) is 4.47. The van der Waals surface area contributed by atoms with Crippen LogP contribution in [-0.2, 0) is 0 Å². The molecule has 0 amide bonds. The van der Waals surface area contributed by atoms with Gasteiger partial charge in [0.1, 0.15) is 0 Å². The Labute approximate surface area is 109 Å². The summed E-state index contributed by atoms with van der Waals surface area (Å²) >= 11 is 0. The van der Waals surface area contributed by atoms with Crippen molar-refractivity contribution in [3.05, 3.63) is 53.6 Å². The van der Waals surface area contributed by atoms with Gasteiger partial charge in [0.25, 0.3) is 0 Å². The fourth-order valence-electron chi connectivity index (χ4n) is 2.04. The number of hydrogen-bond donors (Lipinski definition) is 2. The first-order chi connectivity index (χ1) is 8.72. The Balaban J connectivity index is 2.39. The van der Waals surface area contributed by atoms with E-state index < -0.39 is 0 Å². The van der Waals surface area contributed by atoms with Crippen molar-refractivity contribution in [2.75, 3.05) is 17.2 Å². The number of hydrogen-bond acceptors (Lipinski definition) is 2. The zero-order chi connectivity index (χ0) is 13.0. The first-order valence-electron chi connectivity index (χ1n) is 6.38. The van der Waals surface area contributed by atoms with Gasteiger partial charge in [-0.1, -0.05) is 30.3 Å². The maximum atomic E-state index is 3.50. The van der Waals surface area contributed by atoms with Gasteiger partial charge in [0.2, 0.25) is 0 Å². The third kappa shape index (κ3) is 2.65. The molecule has 94 valence electrons. The Morgan fingerprint density at radius 2 is 1.44 bits per heavy atom. The summed E-state index contributed by atoms with van der Waals surface area (Å²) in [5.74, 6) is 0. The van der Waals surface area contributed by atoms with Gasteiger partial charge < -0.3 is 10.6 Å². The van der Waals surface area contributed by atoms with Crippen molar-refractivity contribution in [3.63, 3.8) is 0 Å². The van der Waals surface area contributed by atoms with Gasteiger partial charge in [0, 0.05) is 12.2 Å². The minimum atomic E-state index is 0.924. The smallest absolute Gasteiger partial charge is 0.0652 e. The second-order valence-electron chi connectivity index (χ2n) is 4.47. The molecule has 0 aliphatic carbocycles. The number of para-hydroxylation sites is 1. The predicted molar refractivity (Wildman–Crippen MR) is 79.8 cm³/mol. The van der Waals surface area contributed by atoms with Crippen molar-refractivity contribution in [2.24, 2.45) is 0 Å². The lowest BCUT2D eigenvalue weighted by Gasteiger charge is -2.18. The van der Waals surface area contributed by atoms with Crippen LogP contribution in [0.1, 0.15) is 18.1 Å². The number of nitrogens with one attached hydrogen (secondary N) is 2. The molecule has 2 N–H and O–H groups in total. The first kappa shape index (κ1) is 12.5. The molecule has 0 radical (unpaired) electrons. The van der Waals surface area contributed by atoms with Crippen molar-refractivity contribution in [3.8, 4) is 0 Å². The second kappa shape index (κ2) is 5.58. The molecule has 2 aromatic rings. The summed E-state index contributed by atoms with van der Waals surface area (Å²) in [6.07, 6.45) is 0. The molecule has 2 nitrogen and oxygen atoms in total. The molecule has 0 atom stereocenters. The summed E-state index contributed by atoms with van der Waals surface area (Å²) in [4.78, 5) is 0. The average Bonchev–Trinajstić information content (AvgIpc) is 2.39. The highest BCUT2D eigenvalue weighted by molar-refractivity contribution is 5.79. The van der Waals surface area contributed by atoms with Crippen LogP contribution < -0.4 is 10.6 Å². The largest absolute Gasteiger partial charge is 0.383 e. The normalized spacial score (nSPS) is 10.2. The highest BCUT2D eigenvalue weighted by atomic mass is 15.0. The first-order valence-corrected chi connectivity index (χ1v) is 6.38. The molecule has 0 bridgehead atoms. The lowest BCUT2D eigenvalue weighted by atomic mass is 10.1. The van der Waals surface area contributed by atoms with Crippen LogP contribution in [0.3, 0.4) is 0 Å². The molecular formula is C16H20N2. The van der Waals surface area contributed by atoms with E-state index in [0.29, 0.717) is 0 Å². The summed E-state index contributed by atoms with van der Waals surface area (Å²) in [5.41, 5.74) is 6.00. The topological polar surface area (TPSA) is 24.1 Å². The van der Waals surface area contributed by atoms with E-state index in [1.54, 1.807) is 0 Å². The van der Waals surface area contributed by atoms with Crippen LogP contribution in [0.4, 0.5) is 17.1 Å². The monoisotopic (exact) mass is 240 g/mol. The van der Waals surface area contributed by atoms with Gasteiger partial charge in [-0.3, -0.25) is 0 Å². The van der Waals surface area contributed by atoms with E-state index in [2.05, 4.69) is 55.7 Å². The summed E-state index contributed by atoms with van der Waals surface area (Å²) < 4.78 is 0. The Kier molecular flexibility index (Phi) is 3.88. The summed E-state index contributed by atoms with van der Waals surface area (Å²) in [5, 5.41) is 6.95. The fraction of sp³-hybridized carbons (Fsp3) is 0.250. The van der Waals surface area contributed by atoms with Gasteiger partial charge in [-0.25, -0.2) is 0 Å². The molecule has 2 heteroatoms. The van der Waals surface area contributed by atoms with Crippen LogP contribution in [0, 0.1) is 13.8 Å². The SMILES string of the molecule is CCNc1c(C)ccc(C)c1Nc1ccccc1. The molecule has 0 aromatic heterocycles. The summed E-state index contributed by atoms with van der Waals surface area (Å²) in [6, 6.07) is 14.6. The molecule has 18 heavy (non-hydrogen) atoms. The number of benzene rings is 2. The van der Waals surface area contributed by atoms with Crippen LogP contribution in [0.2, 0.25) is 0 Å². The van der Waals surface area contributed by atoms with Gasteiger partial charge in [0.05, 0.1) is 11.4 Å². The molecule has 2 aromatic carbocycles. The molecule has 0 unspecified atom stereocenters. The van der Waals surface area contributed by atoms with E-state index >= 15 is 0 Å². The third-order valence-corrected chi connectivity index (χ3v) is 3.02. The number of rotatable bonds is 4. The van der Waals surface area contributed by atoms with Crippen LogP contribution in [0.5, 0.6) is 0 Å². The van der Waals surface area contributed by atoms with E-state index in [4.69, 9.17) is 0 Å². The van der Waals surface area contributed by atoms with Gasteiger partial charge in [-0.05, 0) is 44.0 Å². The average molecular weight is 240 g/mol. The maximum absolute atomic E-state index is 3.50. The van der Waals surface area contributed by atoms with Crippen LogP contribution >= 0.6 is 0 Å². The zero-order valence-electron chi connectivity index (χ0n) is 11.2. The molecule has 0 aliphatic heterocycles. The van der Waals surface area contributed by atoms with E-state index in [1.165, 1.54) is 22.5 Å². The van der Waals surface area contributed by atoms with Gasteiger partial charge in [0.15, 0.2) is 0 Å². The standard InChI is InChI=1S/C16H20N2/c1-4-17-15-12(2)10-11-13(3)16(15)18-14-8-6-5-7-9-14/h5-11,17-18H,4H2,1-3H3. The fourth-order valence-corrected chi connectivity index (χ4v) is 2.04. The minimum Gasteiger partial charge on any atom is -0.383 e. The van der Waals surface area contributed by atoms with Gasteiger partial charge >= 0.3 is 0 Å². The van der Waals surface area contributed by atoms with Gasteiger partial charge in [-0.2, -0.15) is 0 Å². The van der Waals surface area contributed by atoms with Crippen molar-refractivity contribution >= 4 is 17.1 Å². The molecule has 0 saturated heterocycles. The van der Waals surface area contributed by atoms with E-state index in [1.807, 2.05) is 18.2 Å². The Bertz CT molecular complexity index is 518. The molecule has 0 spiro atoms. The minimum absolute atomic E-state index is 0.924. The Morgan fingerprint density at radius 3 is 2.06 bits per heavy atom. The summed E-state index contributed by atoms with van der Waals surface area (Å²) in [7, 11) is 0. The van der Waals surface area contributed by atoms with Crippen molar-refractivity contribution < 1.29 is 0 Å².